The molecule has 0 aliphatic carbocycles. The van der Waals surface area contributed by atoms with Crippen molar-refractivity contribution < 1.29 is 4.79 Å². The molecule has 0 unspecified atom stereocenters. The summed E-state index contributed by atoms with van der Waals surface area (Å²) in [7, 11) is 3.44. The summed E-state index contributed by atoms with van der Waals surface area (Å²) >= 11 is 0. The van der Waals surface area contributed by atoms with E-state index in [9.17, 15) is 4.79 Å². The van der Waals surface area contributed by atoms with Crippen LogP contribution in [0.1, 0.15) is 11.1 Å². The Labute approximate surface area is 117 Å². The summed E-state index contributed by atoms with van der Waals surface area (Å²) in [5.74, 6) is 0. The van der Waals surface area contributed by atoms with Gasteiger partial charge in [-0.05, 0) is 6.07 Å². The number of fused-ring (bicyclic) bond motifs is 1. The Kier molecular flexibility index (Phi) is 2.99. The molecule has 20 heavy (non-hydrogen) atoms. The van der Waals surface area contributed by atoms with Crippen LogP contribution in [0.3, 0.4) is 0 Å². The van der Waals surface area contributed by atoms with Gasteiger partial charge in [0.2, 0.25) is 0 Å². The fourth-order valence-electron chi connectivity index (χ4n) is 2.34. The fourth-order valence-corrected chi connectivity index (χ4v) is 2.34. The molecule has 2 amide bonds. The van der Waals surface area contributed by atoms with Crippen LogP contribution < -0.4 is 4.90 Å². The Bertz CT molecular complexity index is 679. The zero-order valence-electron chi connectivity index (χ0n) is 11.4. The molecule has 0 radical (unpaired) electrons. The van der Waals surface area contributed by atoms with Crippen molar-refractivity contribution in [1.29, 1.82) is 0 Å². The molecule has 0 atom stereocenters. The van der Waals surface area contributed by atoms with Gasteiger partial charge in [-0.1, -0.05) is 48.5 Å². The maximum absolute atomic E-state index is 12.2. The van der Waals surface area contributed by atoms with E-state index in [1.165, 1.54) is 5.01 Å². The monoisotopic (exact) mass is 265 g/mol. The van der Waals surface area contributed by atoms with Crippen LogP contribution >= 0.6 is 0 Å². The molecule has 3 rings (SSSR count). The molecule has 0 bridgehead atoms. The number of hydrogen-bond donors (Lipinski definition) is 0. The number of hydrogen-bond acceptors (Lipinski definition) is 2. The van der Waals surface area contributed by atoms with E-state index in [4.69, 9.17) is 0 Å². The minimum Gasteiger partial charge on any atom is -0.295 e. The smallest absolute Gasteiger partial charge is 0.295 e. The van der Waals surface area contributed by atoms with Crippen LogP contribution in [-0.2, 0) is 0 Å². The van der Waals surface area contributed by atoms with E-state index in [2.05, 4.69) is 5.10 Å². The summed E-state index contributed by atoms with van der Waals surface area (Å²) in [6.45, 7) is 0. The van der Waals surface area contributed by atoms with Gasteiger partial charge in [-0.3, -0.25) is 4.90 Å². The summed E-state index contributed by atoms with van der Waals surface area (Å²) in [4.78, 5) is 13.8. The number of para-hydroxylation sites is 1. The minimum atomic E-state index is -0.150. The van der Waals surface area contributed by atoms with Crippen LogP contribution in [0.4, 0.5) is 10.5 Å². The van der Waals surface area contributed by atoms with Crippen molar-refractivity contribution >= 4 is 17.4 Å². The largest absolute Gasteiger partial charge is 0.344 e. The van der Waals surface area contributed by atoms with Gasteiger partial charge in [0.05, 0.1) is 5.69 Å². The highest BCUT2D eigenvalue weighted by molar-refractivity contribution is 6.18. The molecule has 1 aliphatic heterocycles. The van der Waals surface area contributed by atoms with Crippen LogP contribution in [0.25, 0.3) is 0 Å². The van der Waals surface area contributed by atoms with Crippen molar-refractivity contribution in [2.24, 2.45) is 5.10 Å². The molecule has 0 saturated heterocycles. The first-order valence-corrected chi connectivity index (χ1v) is 6.43. The third kappa shape index (κ3) is 1.95. The van der Waals surface area contributed by atoms with Crippen molar-refractivity contribution in [1.82, 2.24) is 5.01 Å². The summed E-state index contributed by atoms with van der Waals surface area (Å²) in [5, 5.41) is 5.86. The van der Waals surface area contributed by atoms with E-state index < -0.39 is 0 Å². The third-order valence-corrected chi connectivity index (χ3v) is 3.38. The number of nitrogens with zero attached hydrogens (tertiary/aromatic N) is 3. The van der Waals surface area contributed by atoms with Gasteiger partial charge in [0.1, 0.15) is 5.71 Å². The van der Waals surface area contributed by atoms with Crippen molar-refractivity contribution in [3.8, 4) is 0 Å². The second-order valence-corrected chi connectivity index (χ2v) is 4.70. The molecule has 4 nitrogen and oxygen atoms in total. The van der Waals surface area contributed by atoms with Gasteiger partial charge in [-0.15, -0.1) is 0 Å². The zero-order valence-corrected chi connectivity index (χ0v) is 11.4. The number of urea groups is 1. The summed E-state index contributed by atoms with van der Waals surface area (Å²) < 4.78 is 0. The van der Waals surface area contributed by atoms with E-state index in [0.717, 1.165) is 22.5 Å². The van der Waals surface area contributed by atoms with Gasteiger partial charge in [-0.2, -0.15) is 5.10 Å². The van der Waals surface area contributed by atoms with Gasteiger partial charge in [0.25, 0.3) is 0 Å². The molecule has 0 aromatic heterocycles. The number of rotatable bonds is 1. The molecular weight excluding hydrogens is 250 g/mol. The second kappa shape index (κ2) is 4.81. The highest BCUT2D eigenvalue weighted by atomic mass is 16.2. The second-order valence-electron chi connectivity index (χ2n) is 4.70. The standard InChI is InChI=1S/C16H15N3O/c1-18-14-11-7-6-10-13(14)15(17-19(2)16(18)20)12-8-4-3-5-9-12/h3-11H,1-2H3. The lowest BCUT2D eigenvalue weighted by Gasteiger charge is -2.19. The lowest BCUT2D eigenvalue weighted by molar-refractivity contribution is 0.219. The van der Waals surface area contributed by atoms with Gasteiger partial charge in [-0.25, -0.2) is 9.80 Å². The number of carbonyl (C=O) groups is 1. The minimum absolute atomic E-state index is 0.150. The van der Waals surface area contributed by atoms with E-state index >= 15 is 0 Å². The van der Waals surface area contributed by atoms with Crippen LogP contribution in [0, 0.1) is 0 Å². The Balaban J connectivity index is 2.24. The molecule has 4 heteroatoms. The number of benzene rings is 2. The number of anilines is 1. The predicted molar refractivity (Wildman–Crippen MR) is 80.1 cm³/mol. The quantitative estimate of drug-likeness (QED) is 0.781. The normalized spacial score (nSPS) is 14.7. The predicted octanol–water partition coefficient (Wildman–Crippen LogP) is 2.94. The lowest BCUT2D eigenvalue weighted by Crippen LogP contribution is -2.34. The number of amides is 2. The maximum atomic E-state index is 12.2. The summed E-state index contributed by atoms with van der Waals surface area (Å²) in [6.07, 6.45) is 0. The van der Waals surface area contributed by atoms with Gasteiger partial charge in [0, 0.05) is 25.2 Å². The Morgan fingerprint density at radius 3 is 2.30 bits per heavy atom. The molecule has 0 fully saturated rings. The van der Waals surface area contributed by atoms with Gasteiger partial charge in [0.15, 0.2) is 0 Å². The van der Waals surface area contributed by atoms with Crippen molar-refractivity contribution in [2.45, 2.75) is 0 Å². The zero-order chi connectivity index (χ0) is 14.1. The molecule has 0 N–H and O–H groups in total. The molecule has 1 heterocycles. The third-order valence-electron chi connectivity index (χ3n) is 3.38. The molecule has 1 aliphatic rings. The van der Waals surface area contributed by atoms with Crippen LogP contribution in [0.15, 0.2) is 59.7 Å². The molecule has 0 saturated carbocycles. The van der Waals surface area contributed by atoms with Crippen molar-refractivity contribution in [3.63, 3.8) is 0 Å². The average Bonchev–Trinajstić information content (AvgIpc) is 2.60. The number of hydrazone groups is 1. The number of carbonyl (C=O) groups excluding carboxylic acids is 1. The lowest BCUT2D eigenvalue weighted by atomic mass is 10.0. The van der Waals surface area contributed by atoms with Crippen molar-refractivity contribution in [2.75, 3.05) is 19.0 Å². The first-order valence-electron chi connectivity index (χ1n) is 6.43. The van der Waals surface area contributed by atoms with E-state index in [-0.39, 0.29) is 6.03 Å². The molecular formula is C16H15N3O. The topological polar surface area (TPSA) is 35.9 Å². The van der Waals surface area contributed by atoms with E-state index in [1.807, 2.05) is 54.6 Å². The molecule has 2 aromatic carbocycles. The summed E-state index contributed by atoms with van der Waals surface area (Å²) in [6, 6.07) is 17.6. The Morgan fingerprint density at radius 1 is 0.900 bits per heavy atom. The molecule has 100 valence electrons. The SMILES string of the molecule is CN1N=C(c2ccccc2)c2ccccc2N(C)C1=O. The Morgan fingerprint density at radius 2 is 1.55 bits per heavy atom. The van der Waals surface area contributed by atoms with Crippen LogP contribution in [-0.4, -0.2) is 30.8 Å². The maximum Gasteiger partial charge on any atom is 0.344 e. The van der Waals surface area contributed by atoms with Gasteiger partial charge < -0.3 is 0 Å². The van der Waals surface area contributed by atoms with Crippen LogP contribution in [0.5, 0.6) is 0 Å². The summed E-state index contributed by atoms with van der Waals surface area (Å²) in [5.41, 5.74) is 3.62. The fraction of sp³-hybridized carbons (Fsp3) is 0.125. The first kappa shape index (κ1) is 12.4. The Hall–Kier alpha value is -2.62. The average molecular weight is 265 g/mol. The van der Waals surface area contributed by atoms with E-state index in [1.54, 1.807) is 19.0 Å². The molecule has 2 aromatic rings. The molecule has 0 spiro atoms. The highest BCUT2D eigenvalue weighted by Gasteiger charge is 2.25. The highest BCUT2D eigenvalue weighted by Crippen LogP contribution is 2.26. The van der Waals surface area contributed by atoms with Crippen molar-refractivity contribution in [3.05, 3.63) is 65.7 Å². The van der Waals surface area contributed by atoms with E-state index in [0.29, 0.717) is 0 Å². The van der Waals surface area contributed by atoms with Gasteiger partial charge >= 0.3 is 6.03 Å². The van der Waals surface area contributed by atoms with Crippen LogP contribution in [0.2, 0.25) is 0 Å². The first-order chi connectivity index (χ1) is 9.68.